The molecule has 2 N–H and O–H groups in total. The Morgan fingerprint density at radius 3 is 1.29 bits per heavy atom. The van der Waals surface area contributed by atoms with E-state index in [0.717, 1.165) is 22.7 Å². The van der Waals surface area contributed by atoms with E-state index < -0.39 is 20.0 Å². The summed E-state index contributed by atoms with van der Waals surface area (Å²) in [6.07, 6.45) is 0. The summed E-state index contributed by atoms with van der Waals surface area (Å²) in [6, 6.07) is 19.4. The second-order valence-corrected chi connectivity index (χ2v) is 11.9. The van der Waals surface area contributed by atoms with Crippen LogP contribution in [0.15, 0.2) is 92.0 Å². The molecule has 0 aliphatic heterocycles. The number of nitrogens with one attached hydrogen (secondary N) is 2. The van der Waals surface area contributed by atoms with Gasteiger partial charge in [-0.2, -0.15) is 0 Å². The van der Waals surface area contributed by atoms with Gasteiger partial charge in [0.2, 0.25) is 0 Å². The Bertz CT molecular complexity index is 1240. The summed E-state index contributed by atoms with van der Waals surface area (Å²) in [4.78, 5) is 0. The number of benzene rings is 2. The lowest BCUT2D eigenvalue weighted by molar-refractivity contribution is 0.483. The highest BCUT2D eigenvalue weighted by Crippen LogP contribution is 2.27. The van der Waals surface area contributed by atoms with Gasteiger partial charge in [-0.1, -0.05) is 12.1 Å². The van der Waals surface area contributed by atoms with Crippen molar-refractivity contribution in [1.29, 1.82) is 0 Å². The molecule has 7 nitrogen and oxygen atoms in total. The van der Waals surface area contributed by atoms with Crippen LogP contribution in [0.2, 0.25) is 0 Å². The van der Waals surface area contributed by atoms with Crippen LogP contribution in [-0.4, -0.2) is 16.8 Å². The van der Waals surface area contributed by atoms with Crippen LogP contribution < -0.4 is 14.2 Å². The van der Waals surface area contributed by atoms with Crippen molar-refractivity contribution in [3.63, 3.8) is 0 Å². The van der Waals surface area contributed by atoms with Gasteiger partial charge in [0.15, 0.2) is 0 Å². The highest BCUT2D eigenvalue weighted by molar-refractivity contribution is 7.95. The number of ether oxygens (including phenoxy) is 1. The Balaban J connectivity index is 1.39. The molecule has 0 bridgehead atoms. The minimum absolute atomic E-state index is 0.239. The number of anilines is 2. The normalized spacial score (nSPS) is 11.7. The number of sulfonamides is 2. The molecular weight excluding hydrogens is 476 g/mol. The molecule has 0 aliphatic rings. The summed E-state index contributed by atoms with van der Waals surface area (Å²) in [5, 5.41) is 3.40. The smallest absolute Gasteiger partial charge is 0.271 e. The summed E-state index contributed by atoms with van der Waals surface area (Å²) < 4.78 is 60.3. The van der Waals surface area contributed by atoms with Crippen LogP contribution in [0.1, 0.15) is 0 Å². The van der Waals surface area contributed by atoms with Crippen LogP contribution in [0.4, 0.5) is 11.4 Å². The monoisotopic (exact) mass is 492 g/mol. The van der Waals surface area contributed by atoms with E-state index in [1.807, 2.05) is 0 Å². The number of thiophene rings is 2. The topological polar surface area (TPSA) is 102 Å². The summed E-state index contributed by atoms with van der Waals surface area (Å²) in [7, 11) is -7.21. The van der Waals surface area contributed by atoms with Gasteiger partial charge >= 0.3 is 0 Å². The molecule has 2 heterocycles. The molecule has 0 unspecified atom stereocenters. The number of hydrogen-bond donors (Lipinski definition) is 2. The van der Waals surface area contributed by atoms with Gasteiger partial charge in [0.05, 0.1) is 0 Å². The Kier molecular flexibility index (Phi) is 6.01. The third-order valence-electron chi connectivity index (χ3n) is 3.97. The fourth-order valence-corrected chi connectivity index (χ4v) is 6.66. The maximum atomic E-state index is 12.3. The number of hydrogen-bond acceptors (Lipinski definition) is 7. The molecule has 4 rings (SSSR count). The van der Waals surface area contributed by atoms with Crippen molar-refractivity contribution in [1.82, 2.24) is 0 Å². The lowest BCUT2D eigenvalue weighted by atomic mass is 10.3. The van der Waals surface area contributed by atoms with Gasteiger partial charge in [-0.05, 0) is 71.4 Å². The van der Waals surface area contributed by atoms with Crippen molar-refractivity contribution >= 4 is 54.1 Å². The van der Waals surface area contributed by atoms with Crippen LogP contribution in [0.3, 0.4) is 0 Å². The highest BCUT2D eigenvalue weighted by Gasteiger charge is 2.16. The molecule has 160 valence electrons. The van der Waals surface area contributed by atoms with Gasteiger partial charge in [-0.3, -0.25) is 9.44 Å². The van der Waals surface area contributed by atoms with E-state index in [0.29, 0.717) is 22.9 Å². The molecule has 0 amide bonds. The highest BCUT2D eigenvalue weighted by atomic mass is 32.3. The van der Waals surface area contributed by atoms with Crippen molar-refractivity contribution in [3.8, 4) is 11.5 Å². The molecule has 0 radical (unpaired) electrons. The molecule has 2 aromatic heterocycles. The van der Waals surface area contributed by atoms with E-state index in [1.165, 1.54) is 12.1 Å². The second kappa shape index (κ2) is 8.71. The molecule has 0 saturated heterocycles. The maximum Gasteiger partial charge on any atom is 0.271 e. The fourth-order valence-electron chi connectivity index (χ4n) is 2.56. The van der Waals surface area contributed by atoms with Crippen LogP contribution in [0.5, 0.6) is 11.5 Å². The Labute approximate surface area is 188 Å². The fraction of sp³-hybridized carbons (Fsp3) is 0. The van der Waals surface area contributed by atoms with Crippen molar-refractivity contribution in [3.05, 3.63) is 83.6 Å². The zero-order valence-electron chi connectivity index (χ0n) is 15.8. The van der Waals surface area contributed by atoms with Gasteiger partial charge in [0, 0.05) is 11.4 Å². The van der Waals surface area contributed by atoms with Gasteiger partial charge in [0.25, 0.3) is 20.0 Å². The minimum Gasteiger partial charge on any atom is -0.457 e. The van der Waals surface area contributed by atoms with Crippen molar-refractivity contribution in [2.45, 2.75) is 8.42 Å². The molecular formula is C20H16N2O5S4. The third-order valence-corrected chi connectivity index (χ3v) is 9.53. The summed E-state index contributed by atoms with van der Waals surface area (Å²) in [6.45, 7) is 0. The summed E-state index contributed by atoms with van der Waals surface area (Å²) >= 11 is 2.28. The first-order valence-electron chi connectivity index (χ1n) is 8.82. The SMILES string of the molecule is O=S(=O)(Nc1ccc(Oc2ccc(NS(=O)(=O)c3cccs3)cc2)cc1)c1cccs1. The zero-order valence-corrected chi connectivity index (χ0v) is 19.0. The largest absolute Gasteiger partial charge is 0.457 e. The zero-order chi connectivity index (χ0) is 21.9. The minimum atomic E-state index is -3.61. The van der Waals surface area contributed by atoms with Crippen LogP contribution >= 0.6 is 22.7 Å². The quantitative estimate of drug-likeness (QED) is 0.352. The van der Waals surface area contributed by atoms with E-state index in [4.69, 9.17) is 4.74 Å². The van der Waals surface area contributed by atoms with Crippen molar-refractivity contribution in [2.75, 3.05) is 9.44 Å². The van der Waals surface area contributed by atoms with Crippen LogP contribution in [0, 0.1) is 0 Å². The Hall–Kier alpha value is -2.86. The molecule has 0 atom stereocenters. The van der Waals surface area contributed by atoms with Crippen LogP contribution in [-0.2, 0) is 20.0 Å². The molecule has 0 aliphatic carbocycles. The van der Waals surface area contributed by atoms with E-state index in [-0.39, 0.29) is 8.42 Å². The lowest BCUT2D eigenvalue weighted by Gasteiger charge is -2.10. The van der Waals surface area contributed by atoms with Crippen molar-refractivity contribution < 1.29 is 21.6 Å². The standard InChI is InChI=1S/C20H16N2O5S4/c23-30(24,19-3-1-13-28-19)21-15-5-9-17(10-6-15)27-18-11-7-16(8-12-18)22-31(25,26)20-4-2-14-29-20/h1-14,21-22H. The van der Waals surface area contributed by atoms with Crippen LogP contribution in [0.25, 0.3) is 0 Å². The molecule has 0 fully saturated rings. The Morgan fingerprint density at radius 1 is 0.581 bits per heavy atom. The predicted molar refractivity (Wildman–Crippen MR) is 123 cm³/mol. The molecule has 31 heavy (non-hydrogen) atoms. The Morgan fingerprint density at radius 2 is 0.968 bits per heavy atom. The first-order valence-corrected chi connectivity index (χ1v) is 13.6. The van der Waals surface area contributed by atoms with Gasteiger partial charge < -0.3 is 4.74 Å². The van der Waals surface area contributed by atoms with Gasteiger partial charge in [-0.15, -0.1) is 22.7 Å². The van der Waals surface area contributed by atoms with E-state index in [9.17, 15) is 16.8 Å². The molecule has 0 spiro atoms. The third kappa shape index (κ3) is 5.25. The van der Waals surface area contributed by atoms with Crippen molar-refractivity contribution in [2.24, 2.45) is 0 Å². The maximum absolute atomic E-state index is 12.3. The molecule has 0 saturated carbocycles. The summed E-state index contributed by atoms with van der Waals surface area (Å²) in [5.74, 6) is 1.01. The molecule has 11 heteroatoms. The first-order chi connectivity index (χ1) is 14.8. The average molecular weight is 493 g/mol. The van der Waals surface area contributed by atoms with Gasteiger partial charge in [-0.25, -0.2) is 16.8 Å². The average Bonchev–Trinajstić information content (AvgIpc) is 3.45. The van der Waals surface area contributed by atoms with E-state index in [1.54, 1.807) is 71.4 Å². The second-order valence-electron chi connectivity index (χ2n) is 6.23. The molecule has 4 aromatic rings. The van der Waals surface area contributed by atoms with E-state index >= 15 is 0 Å². The molecule has 2 aromatic carbocycles. The van der Waals surface area contributed by atoms with E-state index in [2.05, 4.69) is 9.44 Å². The van der Waals surface area contributed by atoms with Gasteiger partial charge in [0.1, 0.15) is 19.9 Å². The number of rotatable bonds is 8. The summed E-state index contributed by atoms with van der Waals surface area (Å²) in [5.41, 5.74) is 0.832. The predicted octanol–water partition coefficient (Wildman–Crippen LogP) is 5.20. The first kappa shape index (κ1) is 21.4. The lowest BCUT2D eigenvalue weighted by Crippen LogP contribution is -2.11.